The molecule has 0 atom stereocenters. The molecule has 0 unspecified atom stereocenters. The molecule has 6 heteroatoms. The number of piperazine rings is 1. The molecule has 114 valence electrons. The van der Waals surface area contributed by atoms with E-state index in [-0.39, 0.29) is 11.8 Å². The first-order valence-corrected chi connectivity index (χ1v) is 7.46. The maximum absolute atomic E-state index is 12.4. The van der Waals surface area contributed by atoms with Gasteiger partial charge >= 0.3 is 0 Å². The van der Waals surface area contributed by atoms with Crippen LogP contribution in [0.25, 0.3) is 0 Å². The Bertz CT molecular complexity index is 513. The van der Waals surface area contributed by atoms with Crippen LogP contribution in [0.1, 0.15) is 16.8 Å². The summed E-state index contributed by atoms with van der Waals surface area (Å²) in [7, 11) is 1.57. The van der Waals surface area contributed by atoms with E-state index in [4.69, 9.17) is 16.3 Å². The van der Waals surface area contributed by atoms with Crippen LogP contribution in [0.4, 0.5) is 0 Å². The first kappa shape index (κ1) is 15.6. The number of amides is 2. The fraction of sp³-hybridized carbons (Fsp3) is 0.467. The quantitative estimate of drug-likeness (QED) is 0.794. The van der Waals surface area contributed by atoms with E-state index in [1.807, 2.05) is 0 Å². The monoisotopic (exact) mass is 310 g/mol. The first-order valence-electron chi connectivity index (χ1n) is 6.92. The molecule has 0 bridgehead atoms. The lowest BCUT2D eigenvalue weighted by atomic mass is 10.1. The number of methoxy groups -OCH3 is 1. The number of hydrogen-bond acceptors (Lipinski definition) is 3. The Labute approximate surface area is 129 Å². The van der Waals surface area contributed by atoms with Crippen molar-refractivity contribution < 1.29 is 14.3 Å². The standard InChI is InChI=1S/C15H19ClN2O3/c1-21-13-4-2-3-12(11-13)15(20)18-9-7-17(8-10-18)14(19)5-6-16/h2-4,11H,5-10H2,1H3. The van der Waals surface area contributed by atoms with Crippen molar-refractivity contribution in [3.05, 3.63) is 29.8 Å². The lowest BCUT2D eigenvalue weighted by molar-refractivity contribution is -0.132. The SMILES string of the molecule is COc1cccc(C(=O)N2CCN(C(=O)CCCl)CC2)c1. The van der Waals surface area contributed by atoms with Gasteiger partial charge in [0.15, 0.2) is 0 Å². The molecule has 1 saturated heterocycles. The van der Waals surface area contributed by atoms with Crippen molar-refractivity contribution in [1.82, 2.24) is 9.80 Å². The highest BCUT2D eigenvalue weighted by molar-refractivity contribution is 6.18. The number of alkyl halides is 1. The summed E-state index contributed by atoms with van der Waals surface area (Å²) in [6, 6.07) is 7.11. The zero-order valence-corrected chi connectivity index (χ0v) is 12.8. The van der Waals surface area contributed by atoms with Gasteiger partial charge in [0, 0.05) is 44.0 Å². The molecular weight excluding hydrogens is 292 g/mol. The lowest BCUT2D eigenvalue weighted by Crippen LogP contribution is -2.50. The van der Waals surface area contributed by atoms with Gasteiger partial charge in [-0.2, -0.15) is 0 Å². The number of benzene rings is 1. The molecule has 1 aliphatic rings. The molecule has 0 aliphatic carbocycles. The van der Waals surface area contributed by atoms with Crippen LogP contribution in [0.2, 0.25) is 0 Å². The van der Waals surface area contributed by atoms with Crippen molar-refractivity contribution in [3.63, 3.8) is 0 Å². The molecule has 1 aromatic rings. The smallest absolute Gasteiger partial charge is 0.254 e. The Morgan fingerprint density at radius 3 is 2.48 bits per heavy atom. The largest absolute Gasteiger partial charge is 0.497 e. The average Bonchev–Trinajstić information content (AvgIpc) is 2.54. The summed E-state index contributed by atoms with van der Waals surface area (Å²) in [5, 5.41) is 0. The molecule has 1 heterocycles. The third kappa shape index (κ3) is 3.88. The fourth-order valence-electron chi connectivity index (χ4n) is 2.34. The Balaban J connectivity index is 1.95. The second kappa shape index (κ2) is 7.31. The van der Waals surface area contributed by atoms with Crippen molar-refractivity contribution in [2.45, 2.75) is 6.42 Å². The molecule has 0 radical (unpaired) electrons. The van der Waals surface area contributed by atoms with E-state index in [0.717, 1.165) is 0 Å². The van der Waals surface area contributed by atoms with E-state index in [2.05, 4.69) is 0 Å². The Kier molecular flexibility index (Phi) is 5.44. The van der Waals surface area contributed by atoms with Gasteiger partial charge in [0.05, 0.1) is 7.11 Å². The number of carbonyl (C=O) groups excluding carboxylic acids is 2. The Morgan fingerprint density at radius 1 is 1.19 bits per heavy atom. The summed E-state index contributed by atoms with van der Waals surface area (Å²) in [5.41, 5.74) is 0.606. The predicted octanol–water partition coefficient (Wildman–Crippen LogP) is 1.61. The highest BCUT2D eigenvalue weighted by atomic mass is 35.5. The summed E-state index contributed by atoms with van der Waals surface area (Å²) in [6.07, 6.45) is 0.353. The normalized spacial score (nSPS) is 15.0. The van der Waals surface area contributed by atoms with Crippen molar-refractivity contribution in [2.24, 2.45) is 0 Å². The molecule has 0 saturated carbocycles. The highest BCUT2D eigenvalue weighted by Gasteiger charge is 2.24. The summed E-state index contributed by atoms with van der Waals surface area (Å²) in [4.78, 5) is 27.7. The molecule has 2 amide bonds. The third-order valence-corrected chi connectivity index (χ3v) is 3.73. The van der Waals surface area contributed by atoms with Gasteiger partial charge in [0.2, 0.25) is 5.91 Å². The van der Waals surface area contributed by atoms with Crippen molar-refractivity contribution in [3.8, 4) is 5.75 Å². The minimum Gasteiger partial charge on any atom is -0.497 e. The average molecular weight is 311 g/mol. The number of halogens is 1. The molecule has 1 aliphatic heterocycles. The maximum atomic E-state index is 12.4. The molecule has 0 spiro atoms. The zero-order chi connectivity index (χ0) is 15.2. The van der Waals surface area contributed by atoms with Crippen LogP contribution in [0.15, 0.2) is 24.3 Å². The van der Waals surface area contributed by atoms with Crippen LogP contribution >= 0.6 is 11.6 Å². The van der Waals surface area contributed by atoms with Gasteiger partial charge in [-0.25, -0.2) is 0 Å². The van der Waals surface area contributed by atoms with E-state index in [1.165, 1.54) is 0 Å². The van der Waals surface area contributed by atoms with Crippen molar-refractivity contribution in [1.29, 1.82) is 0 Å². The van der Waals surface area contributed by atoms with E-state index in [1.54, 1.807) is 41.2 Å². The lowest BCUT2D eigenvalue weighted by Gasteiger charge is -2.34. The fourth-order valence-corrected chi connectivity index (χ4v) is 2.50. The van der Waals surface area contributed by atoms with Crippen molar-refractivity contribution in [2.75, 3.05) is 39.2 Å². The number of carbonyl (C=O) groups is 2. The van der Waals surface area contributed by atoms with Gasteiger partial charge in [0.25, 0.3) is 5.91 Å². The summed E-state index contributed by atoms with van der Waals surface area (Å²) in [6.45, 7) is 2.21. The van der Waals surface area contributed by atoms with Gasteiger partial charge in [0.1, 0.15) is 5.75 Å². The summed E-state index contributed by atoms with van der Waals surface area (Å²) >= 11 is 5.58. The second-order valence-corrected chi connectivity index (χ2v) is 5.22. The minimum absolute atomic E-state index is 0.0293. The Morgan fingerprint density at radius 2 is 1.86 bits per heavy atom. The molecule has 2 rings (SSSR count). The molecular formula is C15H19ClN2O3. The molecule has 0 aromatic heterocycles. The number of hydrogen-bond donors (Lipinski definition) is 0. The molecule has 1 fully saturated rings. The van der Waals surface area contributed by atoms with Crippen molar-refractivity contribution >= 4 is 23.4 Å². The molecule has 1 aromatic carbocycles. The summed E-state index contributed by atoms with van der Waals surface area (Å²) < 4.78 is 5.13. The topological polar surface area (TPSA) is 49.9 Å². The zero-order valence-electron chi connectivity index (χ0n) is 12.0. The van der Waals surface area contributed by atoms with Crippen LogP contribution in [0.5, 0.6) is 5.75 Å². The van der Waals surface area contributed by atoms with Gasteiger partial charge in [-0.1, -0.05) is 6.07 Å². The van der Waals surface area contributed by atoms with Crippen LogP contribution in [-0.2, 0) is 4.79 Å². The molecule has 0 N–H and O–H groups in total. The Hall–Kier alpha value is -1.75. The maximum Gasteiger partial charge on any atom is 0.254 e. The van der Waals surface area contributed by atoms with Gasteiger partial charge < -0.3 is 14.5 Å². The highest BCUT2D eigenvalue weighted by Crippen LogP contribution is 2.15. The minimum atomic E-state index is -0.0293. The number of nitrogens with zero attached hydrogens (tertiary/aromatic N) is 2. The van der Waals surface area contributed by atoms with Crippen LogP contribution in [0, 0.1) is 0 Å². The van der Waals surface area contributed by atoms with Crippen LogP contribution < -0.4 is 4.74 Å². The predicted molar refractivity (Wildman–Crippen MR) is 80.8 cm³/mol. The third-order valence-electron chi connectivity index (χ3n) is 3.54. The van der Waals surface area contributed by atoms with Gasteiger partial charge in [-0.05, 0) is 18.2 Å². The van der Waals surface area contributed by atoms with E-state index in [9.17, 15) is 9.59 Å². The van der Waals surface area contributed by atoms with Gasteiger partial charge in [-0.15, -0.1) is 11.6 Å². The van der Waals surface area contributed by atoms with E-state index < -0.39 is 0 Å². The second-order valence-electron chi connectivity index (χ2n) is 4.84. The molecule has 21 heavy (non-hydrogen) atoms. The number of rotatable bonds is 4. The van der Waals surface area contributed by atoms with Gasteiger partial charge in [-0.3, -0.25) is 9.59 Å². The molecule has 5 nitrogen and oxygen atoms in total. The summed E-state index contributed by atoms with van der Waals surface area (Å²) in [5.74, 6) is 1.02. The number of ether oxygens (including phenoxy) is 1. The van der Waals surface area contributed by atoms with E-state index >= 15 is 0 Å². The first-order chi connectivity index (χ1) is 10.2. The van der Waals surface area contributed by atoms with Crippen LogP contribution in [-0.4, -0.2) is 60.8 Å². The van der Waals surface area contributed by atoms with E-state index in [0.29, 0.717) is 49.8 Å². The van der Waals surface area contributed by atoms with Crippen LogP contribution in [0.3, 0.4) is 0 Å².